The molecule has 128 valence electrons. The molecule has 0 radical (unpaired) electrons. The summed E-state index contributed by atoms with van der Waals surface area (Å²) in [5, 5.41) is 2.87. The van der Waals surface area contributed by atoms with Crippen molar-refractivity contribution in [1.82, 2.24) is 14.5 Å². The Labute approximate surface area is 154 Å². The standard InChI is InChI=1S/C18H17ClN4OS/c1-11-15(22-18(19)25-11)17(24)21-13-7-5-12(6-8-13)16-20-10-14-4-2-3-9-23(14)16/h5-8,10H,2-4,9H2,1H3,(H,21,24). The second-order valence-electron chi connectivity index (χ2n) is 6.08. The number of nitrogens with one attached hydrogen (secondary N) is 1. The van der Waals surface area contributed by atoms with Gasteiger partial charge in [-0.2, -0.15) is 0 Å². The molecule has 1 N–H and O–H groups in total. The number of imidazole rings is 1. The molecule has 1 aliphatic rings. The molecule has 0 spiro atoms. The molecule has 7 heteroatoms. The van der Waals surface area contributed by atoms with Crippen molar-refractivity contribution in [1.29, 1.82) is 0 Å². The zero-order chi connectivity index (χ0) is 17.4. The van der Waals surface area contributed by atoms with Crippen LogP contribution >= 0.6 is 22.9 Å². The van der Waals surface area contributed by atoms with Crippen LogP contribution in [0.5, 0.6) is 0 Å². The summed E-state index contributed by atoms with van der Waals surface area (Å²) in [5.41, 5.74) is 3.46. The van der Waals surface area contributed by atoms with Crippen molar-refractivity contribution in [3.05, 3.63) is 51.2 Å². The Hall–Kier alpha value is -2.18. The maximum absolute atomic E-state index is 12.3. The lowest BCUT2D eigenvalue weighted by Crippen LogP contribution is -2.13. The Morgan fingerprint density at radius 3 is 2.80 bits per heavy atom. The Morgan fingerprint density at radius 2 is 2.08 bits per heavy atom. The van der Waals surface area contributed by atoms with Gasteiger partial charge in [0.15, 0.2) is 4.47 Å². The lowest BCUT2D eigenvalue weighted by Gasteiger charge is -2.16. The van der Waals surface area contributed by atoms with Gasteiger partial charge in [-0.15, -0.1) is 11.3 Å². The van der Waals surface area contributed by atoms with Gasteiger partial charge in [-0.3, -0.25) is 4.79 Å². The number of benzene rings is 1. The predicted molar refractivity (Wildman–Crippen MR) is 100 cm³/mol. The molecular weight excluding hydrogens is 356 g/mol. The smallest absolute Gasteiger partial charge is 0.275 e. The number of aryl methyl sites for hydroxylation is 2. The fraction of sp³-hybridized carbons (Fsp3) is 0.278. The summed E-state index contributed by atoms with van der Waals surface area (Å²) in [7, 11) is 0. The number of thiazole rings is 1. The van der Waals surface area contributed by atoms with Crippen LogP contribution in [0.25, 0.3) is 11.4 Å². The maximum atomic E-state index is 12.3. The van der Waals surface area contributed by atoms with Gasteiger partial charge in [0.25, 0.3) is 5.91 Å². The van der Waals surface area contributed by atoms with E-state index in [9.17, 15) is 4.79 Å². The van der Waals surface area contributed by atoms with Crippen LogP contribution in [-0.2, 0) is 13.0 Å². The van der Waals surface area contributed by atoms with Crippen LogP contribution in [0.2, 0.25) is 4.47 Å². The Balaban J connectivity index is 1.53. The van der Waals surface area contributed by atoms with E-state index >= 15 is 0 Å². The number of carbonyl (C=O) groups excluding carboxylic acids is 1. The minimum absolute atomic E-state index is 0.244. The average molecular weight is 373 g/mol. The van der Waals surface area contributed by atoms with E-state index in [1.807, 2.05) is 37.4 Å². The number of hydrogen-bond donors (Lipinski definition) is 1. The highest BCUT2D eigenvalue weighted by molar-refractivity contribution is 7.15. The normalized spacial score (nSPS) is 13.5. The van der Waals surface area contributed by atoms with E-state index in [0.717, 1.165) is 34.9 Å². The third-order valence-electron chi connectivity index (χ3n) is 4.39. The first-order chi connectivity index (χ1) is 12.1. The molecule has 1 amide bonds. The first-order valence-electron chi connectivity index (χ1n) is 8.21. The van der Waals surface area contributed by atoms with Crippen LogP contribution in [0.4, 0.5) is 5.69 Å². The van der Waals surface area contributed by atoms with E-state index in [2.05, 4.69) is 19.9 Å². The maximum Gasteiger partial charge on any atom is 0.275 e. The first-order valence-corrected chi connectivity index (χ1v) is 9.40. The minimum Gasteiger partial charge on any atom is -0.328 e. The topological polar surface area (TPSA) is 59.8 Å². The van der Waals surface area contributed by atoms with Crippen LogP contribution < -0.4 is 5.32 Å². The van der Waals surface area contributed by atoms with Gasteiger partial charge in [0.2, 0.25) is 0 Å². The van der Waals surface area contributed by atoms with Crippen LogP contribution in [0.3, 0.4) is 0 Å². The van der Waals surface area contributed by atoms with Crippen molar-refractivity contribution in [2.45, 2.75) is 32.7 Å². The summed E-state index contributed by atoms with van der Waals surface area (Å²) in [6, 6.07) is 7.75. The zero-order valence-corrected chi connectivity index (χ0v) is 15.3. The number of nitrogens with zero attached hydrogens (tertiary/aromatic N) is 3. The second-order valence-corrected chi connectivity index (χ2v) is 7.87. The Bertz CT molecular complexity index is 929. The van der Waals surface area contributed by atoms with Gasteiger partial charge in [-0.05, 0) is 50.5 Å². The van der Waals surface area contributed by atoms with Crippen LogP contribution in [0.15, 0.2) is 30.5 Å². The van der Waals surface area contributed by atoms with Gasteiger partial charge in [-0.25, -0.2) is 9.97 Å². The third-order valence-corrected chi connectivity index (χ3v) is 5.46. The zero-order valence-electron chi connectivity index (χ0n) is 13.8. The number of halogens is 1. The molecule has 1 aromatic carbocycles. The van der Waals surface area contributed by atoms with Gasteiger partial charge in [0.05, 0.1) is 0 Å². The molecule has 25 heavy (non-hydrogen) atoms. The molecular formula is C18H17ClN4OS. The van der Waals surface area contributed by atoms with Crippen LogP contribution in [0, 0.1) is 6.92 Å². The molecule has 0 bridgehead atoms. The van der Waals surface area contributed by atoms with Gasteiger partial charge in [0.1, 0.15) is 11.5 Å². The number of anilines is 1. The monoisotopic (exact) mass is 372 g/mol. The molecule has 0 fully saturated rings. The highest BCUT2D eigenvalue weighted by Gasteiger charge is 2.17. The van der Waals surface area contributed by atoms with Crippen molar-refractivity contribution >= 4 is 34.5 Å². The van der Waals surface area contributed by atoms with E-state index in [0.29, 0.717) is 10.2 Å². The number of amides is 1. The summed E-state index contributed by atoms with van der Waals surface area (Å²) in [6.07, 6.45) is 5.49. The van der Waals surface area contributed by atoms with Gasteiger partial charge in [0, 0.05) is 34.6 Å². The lowest BCUT2D eigenvalue weighted by molar-refractivity contribution is 0.102. The molecule has 3 heterocycles. The predicted octanol–water partition coefficient (Wildman–Crippen LogP) is 4.56. The molecule has 5 nitrogen and oxygen atoms in total. The van der Waals surface area contributed by atoms with Crippen molar-refractivity contribution in [3.63, 3.8) is 0 Å². The van der Waals surface area contributed by atoms with E-state index in [-0.39, 0.29) is 5.91 Å². The molecule has 1 aliphatic heterocycles. The summed E-state index contributed by atoms with van der Waals surface area (Å²) in [5.74, 6) is 0.751. The minimum atomic E-state index is -0.244. The fourth-order valence-corrected chi connectivity index (χ4v) is 4.19. The summed E-state index contributed by atoms with van der Waals surface area (Å²) >= 11 is 7.17. The Morgan fingerprint density at radius 1 is 1.28 bits per heavy atom. The SMILES string of the molecule is Cc1sc(Cl)nc1C(=O)Nc1ccc(-c2ncc3n2CCCC3)cc1. The summed E-state index contributed by atoms with van der Waals surface area (Å²) in [4.78, 5) is 21.8. The average Bonchev–Trinajstić information content (AvgIpc) is 3.18. The molecule has 0 unspecified atom stereocenters. The van der Waals surface area contributed by atoms with Crippen molar-refractivity contribution in [2.75, 3.05) is 5.32 Å². The largest absolute Gasteiger partial charge is 0.328 e. The molecule has 0 atom stereocenters. The van der Waals surface area contributed by atoms with Crippen LogP contribution in [-0.4, -0.2) is 20.4 Å². The number of aromatic nitrogens is 3. The van der Waals surface area contributed by atoms with Crippen LogP contribution in [0.1, 0.15) is 33.9 Å². The molecule has 0 saturated carbocycles. The molecule has 4 rings (SSSR count). The highest BCUT2D eigenvalue weighted by atomic mass is 35.5. The molecule has 2 aromatic heterocycles. The summed E-state index contributed by atoms with van der Waals surface area (Å²) < 4.78 is 2.67. The quantitative estimate of drug-likeness (QED) is 0.733. The van der Waals surface area contributed by atoms with E-state index in [1.54, 1.807) is 0 Å². The number of carbonyl (C=O) groups is 1. The highest BCUT2D eigenvalue weighted by Crippen LogP contribution is 2.26. The Kier molecular flexibility index (Phi) is 4.31. The number of hydrogen-bond acceptors (Lipinski definition) is 4. The van der Waals surface area contributed by atoms with Crippen molar-refractivity contribution < 1.29 is 4.79 Å². The number of fused-ring (bicyclic) bond motifs is 1. The molecule has 0 saturated heterocycles. The van der Waals surface area contributed by atoms with E-state index in [1.165, 1.54) is 29.9 Å². The summed E-state index contributed by atoms with van der Waals surface area (Å²) in [6.45, 7) is 2.86. The lowest BCUT2D eigenvalue weighted by atomic mass is 10.1. The number of rotatable bonds is 3. The van der Waals surface area contributed by atoms with Crippen molar-refractivity contribution in [3.8, 4) is 11.4 Å². The first kappa shape index (κ1) is 16.3. The molecule has 3 aromatic rings. The van der Waals surface area contributed by atoms with E-state index in [4.69, 9.17) is 11.6 Å². The molecule has 0 aliphatic carbocycles. The van der Waals surface area contributed by atoms with Gasteiger partial charge < -0.3 is 9.88 Å². The van der Waals surface area contributed by atoms with Crippen molar-refractivity contribution in [2.24, 2.45) is 0 Å². The second kappa shape index (κ2) is 6.61. The fourth-order valence-electron chi connectivity index (χ4n) is 3.13. The van der Waals surface area contributed by atoms with E-state index < -0.39 is 0 Å². The van der Waals surface area contributed by atoms with Gasteiger partial charge in [-0.1, -0.05) is 11.6 Å². The third kappa shape index (κ3) is 3.19. The van der Waals surface area contributed by atoms with Gasteiger partial charge >= 0.3 is 0 Å².